The molecule has 10 nitrogen and oxygen atoms in total. The van der Waals surface area contributed by atoms with E-state index in [0.29, 0.717) is 11.3 Å². The van der Waals surface area contributed by atoms with Crippen LogP contribution in [0.25, 0.3) is 10.8 Å². The van der Waals surface area contributed by atoms with Gasteiger partial charge in [0.1, 0.15) is 23.4 Å². The SMILES string of the molecule is CC(C)(C)OC(=O)N[C@@H](Cc1ccc(O)cc1)C(=O)N[C@@H](CC(=O)O)C(=O)Nc1cccc2ccccc12. The predicted octanol–water partition coefficient (Wildman–Crippen LogP) is 3.58. The molecule has 0 aliphatic rings. The van der Waals surface area contributed by atoms with Gasteiger partial charge < -0.3 is 30.9 Å². The van der Waals surface area contributed by atoms with E-state index in [2.05, 4.69) is 16.0 Å². The molecule has 10 heteroatoms. The second-order valence-electron chi connectivity index (χ2n) is 9.74. The lowest BCUT2D eigenvalue weighted by molar-refractivity contribution is -0.140. The number of phenols is 1. The second kappa shape index (κ2) is 12.1. The second-order valence-corrected chi connectivity index (χ2v) is 9.74. The van der Waals surface area contributed by atoms with E-state index in [9.17, 15) is 29.4 Å². The maximum Gasteiger partial charge on any atom is 0.408 e. The highest BCUT2D eigenvalue weighted by atomic mass is 16.6. The summed E-state index contributed by atoms with van der Waals surface area (Å²) in [4.78, 5) is 50.4. The monoisotopic (exact) mass is 521 g/mol. The van der Waals surface area contributed by atoms with Crippen LogP contribution in [0.4, 0.5) is 10.5 Å². The first kappa shape index (κ1) is 28.0. The Morgan fingerprint density at radius 2 is 1.50 bits per heavy atom. The third-order valence-electron chi connectivity index (χ3n) is 5.44. The van der Waals surface area contributed by atoms with Crippen LogP contribution in [0.3, 0.4) is 0 Å². The molecule has 3 aromatic carbocycles. The van der Waals surface area contributed by atoms with Crippen molar-refractivity contribution in [3.05, 3.63) is 72.3 Å². The summed E-state index contributed by atoms with van der Waals surface area (Å²) in [5.41, 5.74) is 0.243. The van der Waals surface area contributed by atoms with Crippen LogP contribution < -0.4 is 16.0 Å². The molecule has 0 aliphatic heterocycles. The Balaban J connectivity index is 1.82. The number of amides is 3. The first-order chi connectivity index (χ1) is 17.9. The highest BCUT2D eigenvalue weighted by molar-refractivity contribution is 6.05. The molecule has 3 aromatic rings. The van der Waals surface area contributed by atoms with Gasteiger partial charge in [0.25, 0.3) is 0 Å². The summed E-state index contributed by atoms with van der Waals surface area (Å²) in [6.07, 6.45) is -1.54. The van der Waals surface area contributed by atoms with E-state index < -0.39 is 48.0 Å². The number of anilines is 1. The van der Waals surface area contributed by atoms with Crippen molar-refractivity contribution in [3.63, 3.8) is 0 Å². The summed E-state index contributed by atoms with van der Waals surface area (Å²) in [5.74, 6) is -2.76. The summed E-state index contributed by atoms with van der Waals surface area (Å²) in [5, 5.41) is 28.3. The van der Waals surface area contributed by atoms with Gasteiger partial charge in [0.2, 0.25) is 11.8 Å². The minimum absolute atomic E-state index is 0.00388. The van der Waals surface area contributed by atoms with Crippen LogP contribution in [0.5, 0.6) is 5.75 Å². The number of fused-ring (bicyclic) bond motifs is 1. The first-order valence-electron chi connectivity index (χ1n) is 12.0. The fraction of sp³-hybridized carbons (Fsp3) is 0.286. The number of ether oxygens (including phenoxy) is 1. The number of carboxylic acid groups (broad SMARTS) is 1. The number of phenolic OH excluding ortho intramolecular Hbond substituents is 1. The summed E-state index contributed by atoms with van der Waals surface area (Å²) in [7, 11) is 0. The molecule has 0 unspecified atom stereocenters. The third kappa shape index (κ3) is 8.22. The van der Waals surface area contributed by atoms with Crippen LogP contribution in [-0.2, 0) is 25.5 Å². The number of carbonyl (C=O) groups is 4. The molecule has 3 rings (SSSR count). The average molecular weight is 522 g/mol. The molecule has 3 amide bonds. The lowest BCUT2D eigenvalue weighted by atomic mass is 10.0. The predicted molar refractivity (Wildman–Crippen MR) is 142 cm³/mol. The van der Waals surface area contributed by atoms with Crippen LogP contribution >= 0.6 is 0 Å². The summed E-state index contributed by atoms with van der Waals surface area (Å²) >= 11 is 0. The molecular weight excluding hydrogens is 490 g/mol. The van der Waals surface area contributed by atoms with Crippen LogP contribution in [0.15, 0.2) is 66.7 Å². The van der Waals surface area contributed by atoms with Crippen LogP contribution in [0.2, 0.25) is 0 Å². The fourth-order valence-corrected chi connectivity index (χ4v) is 3.74. The normalized spacial score (nSPS) is 12.7. The highest BCUT2D eigenvalue weighted by Crippen LogP contribution is 2.23. The number of alkyl carbamates (subject to hydrolysis) is 1. The van der Waals surface area contributed by atoms with Crippen molar-refractivity contribution in [2.75, 3.05) is 5.32 Å². The molecule has 0 saturated heterocycles. The van der Waals surface area contributed by atoms with E-state index in [1.807, 2.05) is 30.3 Å². The van der Waals surface area contributed by atoms with Crippen molar-refractivity contribution in [1.29, 1.82) is 0 Å². The number of carbonyl (C=O) groups excluding carboxylic acids is 3. The fourth-order valence-electron chi connectivity index (χ4n) is 3.74. The van der Waals surface area contributed by atoms with Gasteiger partial charge in [-0.2, -0.15) is 0 Å². The third-order valence-corrected chi connectivity index (χ3v) is 5.44. The number of nitrogens with one attached hydrogen (secondary N) is 3. The molecule has 0 fully saturated rings. The van der Waals surface area contributed by atoms with Crippen molar-refractivity contribution in [2.24, 2.45) is 0 Å². The standard InChI is InChI=1S/C28H31N3O7/c1-28(2,3)38-27(37)31-22(15-17-11-13-19(32)14-12-17)25(35)30-23(16-24(33)34)26(36)29-21-10-6-8-18-7-4-5-9-20(18)21/h4-14,22-23,32H,15-16H2,1-3H3,(H,29,36)(H,30,35)(H,31,37)(H,33,34)/t22-,23-/m0/s1. The zero-order chi connectivity index (χ0) is 27.9. The molecule has 0 aliphatic carbocycles. The van der Waals surface area contributed by atoms with E-state index in [0.717, 1.165) is 10.8 Å². The van der Waals surface area contributed by atoms with E-state index in [1.165, 1.54) is 12.1 Å². The van der Waals surface area contributed by atoms with Crippen LogP contribution in [0.1, 0.15) is 32.8 Å². The molecule has 200 valence electrons. The van der Waals surface area contributed by atoms with Crippen molar-refractivity contribution in [2.45, 2.75) is 51.3 Å². The number of aromatic hydroxyl groups is 1. The molecule has 0 radical (unpaired) electrons. The highest BCUT2D eigenvalue weighted by Gasteiger charge is 2.30. The minimum Gasteiger partial charge on any atom is -0.508 e. The first-order valence-corrected chi connectivity index (χ1v) is 12.0. The zero-order valence-electron chi connectivity index (χ0n) is 21.4. The Morgan fingerprint density at radius 3 is 2.16 bits per heavy atom. The van der Waals surface area contributed by atoms with Gasteiger partial charge in [-0.15, -0.1) is 0 Å². The maximum absolute atomic E-state index is 13.3. The Kier molecular flexibility index (Phi) is 8.90. The van der Waals surface area contributed by atoms with Crippen LogP contribution in [-0.4, -0.2) is 51.8 Å². The molecule has 0 bridgehead atoms. The molecular formula is C28H31N3O7. The van der Waals surface area contributed by atoms with Gasteiger partial charge in [-0.1, -0.05) is 48.5 Å². The van der Waals surface area contributed by atoms with Gasteiger partial charge in [0, 0.05) is 17.5 Å². The Labute approximate surface area is 220 Å². The molecule has 38 heavy (non-hydrogen) atoms. The molecule has 0 heterocycles. The molecule has 2 atom stereocenters. The van der Waals surface area contributed by atoms with Crippen molar-refractivity contribution >= 4 is 40.3 Å². The number of carboxylic acids is 1. The van der Waals surface area contributed by atoms with Gasteiger partial charge in [0.05, 0.1) is 6.42 Å². The molecule has 0 aromatic heterocycles. The van der Waals surface area contributed by atoms with Gasteiger partial charge in [0.15, 0.2) is 0 Å². The Bertz CT molecular complexity index is 1310. The maximum atomic E-state index is 13.3. The van der Waals surface area contributed by atoms with Gasteiger partial charge >= 0.3 is 12.1 Å². The smallest absolute Gasteiger partial charge is 0.408 e. The van der Waals surface area contributed by atoms with Gasteiger partial charge in [-0.25, -0.2) is 4.79 Å². The van der Waals surface area contributed by atoms with Crippen molar-refractivity contribution in [3.8, 4) is 5.75 Å². The van der Waals surface area contributed by atoms with Gasteiger partial charge in [-0.05, 0) is 49.9 Å². The average Bonchev–Trinajstić information content (AvgIpc) is 2.83. The van der Waals surface area contributed by atoms with Gasteiger partial charge in [-0.3, -0.25) is 14.4 Å². The van der Waals surface area contributed by atoms with Crippen molar-refractivity contribution in [1.82, 2.24) is 10.6 Å². The van der Waals surface area contributed by atoms with E-state index >= 15 is 0 Å². The summed E-state index contributed by atoms with van der Waals surface area (Å²) < 4.78 is 5.27. The molecule has 5 N–H and O–H groups in total. The molecule has 0 saturated carbocycles. The minimum atomic E-state index is -1.43. The van der Waals surface area contributed by atoms with E-state index in [4.69, 9.17) is 4.74 Å². The number of hydrogen-bond acceptors (Lipinski definition) is 6. The lowest BCUT2D eigenvalue weighted by Gasteiger charge is -2.25. The topological polar surface area (TPSA) is 154 Å². The quantitative estimate of drug-likeness (QED) is 0.288. The summed E-state index contributed by atoms with van der Waals surface area (Å²) in [6, 6.07) is 16.0. The molecule has 0 spiro atoms. The lowest BCUT2D eigenvalue weighted by Crippen LogP contribution is -2.54. The van der Waals surface area contributed by atoms with E-state index in [-0.39, 0.29) is 12.2 Å². The van der Waals surface area contributed by atoms with E-state index in [1.54, 1.807) is 45.0 Å². The number of rotatable bonds is 9. The number of benzene rings is 3. The Hall–Kier alpha value is -4.60. The zero-order valence-corrected chi connectivity index (χ0v) is 21.4. The Morgan fingerprint density at radius 1 is 0.842 bits per heavy atom. The van der Waals surface area contributed by atoms with Crippen LogP contribution in [0, 0.1) is 0 Å². The number of hydrogen-bond donors (Lipinski definition) is 5. The largest absolute Gasteiger partial charge is 0.508 e. The van der Waals surface area contributed by atoms with Crippen molar-refractivity contribution < 1.29 is 34.1 Å². The number of aliphatic carboxylic acids is 1. The summed E-state index contributed by atoms with van der Waals surface area (Å²) in [6.45, 7) is 5.01.